The fourth-order valence-electron chi connectivity index (χ4n) is 3.94. The van der Waals surface area contributed by atoms with E-state index in [-0.39, 0.29) is 17.3 Å². The van der Waals surface area contributed by atoms with Crippen molar-refractivity contribution in [2.75, 3.05) is 11.1 Å². The van der Waals surface area contributed by atoms with Crippen molar-refractivity contribution in [1.29, 1.82) is 0 Å². The number of aromatic nitrogens is 3. The summed E-state index contributed by atoms with van der Waals surface area (Å²) in [4.78, 5) is 22.8. The molecule has 0 aliphatic heterocycles. The molecule has 2 heterocycles. The number of amides is 1. The molecule has 34 heavy (non-hydrogen) atoms. The van der Waals surface area contributed by atoms with E-state index in [1.165, 1.54) is 4.68 Å². The van der Waals surface area contributed by atoms with E-state index in [9.17, 15) is 4.79 Å². The molecule has 8 heteroatoms. The number of hydrogen-bond acceptors (Lipinski definition) is 5. The second kappa shape index (κ2) is 8.61. The number of nitrogens with zero attached hydrogens (tertiary/aromatic N) is 4. The molecule has 5 aromatic rings. The van der Waals surface area contributed by atoms with Crippen LogP contribution in [0.3, 0.4) is 0 Å². The molecule has 0 unspecified atom stereocenters. The number of nitrogens with one attached hydrogen (secondary N) is 1. The van der Waals surface area contributed by atoms with Crippen LogP contribution in [0.5, 0.6) is 0 Å². The number of halogens is 1. The van der Waals surface area contributed by atoms with E-state index in [1.54, 1.807) is 18.3 Å². The average molecular weight is 469 g/mol. The van der Waals surface area contributed by atoms with Crippen molar-refractivity contribution < 1.29 is 4.79 Å². The van der Waals surface area contributed by atoms with Crippen LogP contribution in [0.4, 0.5) is 11.5 Å². The Hall–Kier alpha value is -4.23. The molecule has 0 atom stereocenters. The van der Waals surface area contributed by atoms with Crippen LogP contribution in [0.2, 0.25) is 5.02 Å². The summed E-state index contributed by atoms with van der Waals surface area (Å²) >= 11 is 6.09. The van der Waals surface area contributed by atoms with Crippen molar-refractivity contribution in [2.24, 2.45) is 5.10 Å². The second-order valence-corrected chi connectivity index (χ2v) is 8.52. The molecule has 3 aromatic carbocycles. The predicted molar refractivity (Wildman–Crippen MR) is 138 cm³/mol. The maximum atomic E-state index is 13.4. The number of carbonyl (C=O) groups excluding carboxylic acids is 1. The molecule has 3 N–H and O–H groups in total. The van der Waals surface area contributed by atoms with E-state index >= 15 is 0 Å². The SMILES string of the molecule is Cc1cc(C)cc(NC(=O)c2c(N)n(/N=C\c3cccc(Cl)c3)c3nc4ccccc4nc23)c1. The van der Waals surface area contributed by atoms with Crippen LogP contribution < -0.4 is 11.1 Å². The highest BCUT2D eigenvalue weighted by Crippen LogP contribution is 2.29. The third kappa shape index (κ3) is 4.09. The van der Waals surface area contributed by atoms with Gasteiger partial charge in [0.05, 0.1) is 17.2 Å². The average Bonchev–Trinajstić information content (AvgIpc) is 3.05. The first-order valence-electron chi connectivity index (χ1n) is 10.7. The lowest BCUT2D eigenvalue weighted by Crippen LogP contribution is -2.14. The summed E-state index contributed by atoms with van der Waals surface area (Å²) in [5.74, 6) is -0.237. The van der Waals surface area contributed by atoms with Crippen LogP contribution >= 0.6 is 11.6 Å². The summed E-state index contributed by atoms with van der Waals surface area (Å²) in [5, 5.41) is 8.05. The van der Waals surface area contributed by atoms with Crippen molar-refractivity contribution >= 4 is 57.4 Å². The van der Waals surface area contributed by atoms with Crippen molar-refractivity contribution in [3.05, 3.63) is 94.0 Å². The molecule has 0 saturated carbocycles. The van der Waals surface area contributed by atoms with E-state index in [2.05, 4.69) is 10.4 Å². The van der Waals surface area contributed by atoms with Gasteiger partial charge in [-0.25, -0.2) is 9.97 Å². The van der Waals surface area contributed by atoms with Crippen molar-refractivity contribution in [3.8, 4) is 0 Å². The molecule has 0 aliphatic rings. The lowest BCUT2D eigenvalue weighted by atomic mass is 10.1. The van der Waals surface area contributed by atoms with E-state index in [4.69, 9.17) is 27.3 Å². The molecular weight excluding hydrogens is 448 g/mol. The Morgan fingerprint density at radius 3 is 2.41 bits per heavy atom. The van der Waals surface area contributed by atoms with Gasteiger partial charge in [-0.15, -0.1) is 0 Å². The quantitative estimate of drug-likeness (QED) is 0.337. The smallest absolute Gasteiger partial charge is 0.261 e. The Labute approximate surface area is 200 Å². The van der Waals surface area contributed by atoms with E-state index in [0.29, 0.717) is 32.9 Å². The molecule has 0 spiro atoms. The molecule has 5 rings (SSSR count). The van der Waals surface area contributed by atoms with Crippen molar-refractivity contribution in [1.82, 2.24) is 14.6 Å². The van der Waals surface area contributed by atoms with Crippen LogP contribution in [0.15, 0.2) is 71.8 Å². The molecule has 0 saturated heterocycles. The molecule has 7 nitrogen and oxygen atoms in total. The van der Waals surface area contributed by atoms with Gasteiger partial charge in [0.2, 0.25) is 0 Å². The number of nitrogen functional groups attached to an aromatic ring is 1. The number of carbonyl (C=O) groups is 1. The molecule has 168 valence electrons. The summed E-state index contributed by atoms with van der Waals surface area (Å²) in [6.45, 7) is 3.95. The normalized spacial score (nSPS) is 11.5. The zero-order valence-electron chi connectivity index (χ0n) is 18.6. The lowest BCUT2D eigenvalue weighted by molar-refractivity contribution is 0.102. The van der Waals surface area contributed by atoms with Gasteiger partial charge >= 0.3 is 0 Å². The van der Waals surface area contributed by atoms with Crippen LogP contribution in [0, 0.1) is 13.8 Å². The molecule has 0 bridgehead atoms. The Kier molecular flexibility index (Phi) is 5.47. The first-order chi connectivity index (χ1) is 16.4. The summed E-state index contributed by atoms with van der Waals surface area (Å²) in [6.07, 6.45) is 1.62. The van der Waals surface area contributed by atoms with Gasteiger partial charge in [-0.05, 0) is 66.9 Å². The summed E-state index contributed by atoms with van der Waals surface area (Å²) in [6, 6.07) is 20.5. The van der Waals surface area contributed by atoms with Gasteiger partial charge in [0.15, 0.2) is 5.65 Å². The highest BCUT2D eigenvalue weighted by atomic mass is 35.5. The minimum Gasteiger partial charge on any atom is -0.383 e. The Balaban J connectivity index is 1.66. The van der Waals surface area contributed by atoms with Gasteiger partial charge in [0.1, 0.15) is 16.9 Å². The van der Waals surface area contributed by atoms with Crippen LogP contribution in [-0.4, -0.2) is 26.8 Å². The number of nitrogens with two attached hydrogens (primary N) is 1. The molecule has 2 aromatic heterocycles. The van der Waals surface area contributed by atoms with Gasteiger partial charge in [0, 0.05) is 10.7 Å². The fourth-order valence-corrected chi connectivity index (χ4v) is 4.14. The third-order valence-electron chi connectivity index (χ3n) is 5.35. The van der Waals surface area contributed by atoms with E-state index < -0.39 is 0 Å². The summed E-state index contributed by atoms with van der Waals surface area (Å²) < 4.78 is 1.44. The van der Waals surface area contributed by atoms with Crippen LogP contribution in [0.1, 0.15) is 27.0 Å². The number of rotatable bonds is 4. The van der Waals surface area contributed by atoms with Crippen LogP contribution in [-0.2, 0) is 0 Å². The number of aryl methyl sites for hydroxylation is 2. The monoisotopic (exact) mass is 468 g/mol. The number of hydrogen-bond donors (Lipinski definition) is 2. The first kappa shape index (κ1) is 21.6. The largest absolute Gasteiger partial charge is 0.383 e. The van der Waals surface area contributed by atoms with Gasteiger partial charge in [-0.1, -0.05) is 41.9 Å². The third-order valence-corrected chi connectivity index (χ3v) is 5.59. The molecule has 1 amide bonds. The lowest BCUT2D eigenvalue weighted by Gasteiger charge is -2.08. The molecule has 0 radical (unpaired) electrons. The van der Waals surface area contributed by atoms with E-state index in [0.717, 1.165) is 16.7 Å². The zero-order valence-corrected chi connectivity index (χ0v) is 19.3. The maximum Gasteiger partial charge on any atom is 0.261 e. The molecular formula is C26H21ClN6O. The van der Waals surface area contributed by atoms with E-state index in [1.807, 2.05) is 68.4 Å². The number of anilines is 2. The standard InChI is InChI=1S/C26H21ClN6O/c1-15-10-16(2)12-19(11-15)30-26(34)22-23-25(32-21-9-4-3-8-20(21)31-23)33(24(22)28)29-14-17-6-5-7-18(27)13-17/h3-14H,28H2,1-2H3,(H,30,34)/b29-14-. The number of benzene rings is 3. The number of fused-ring (bicyclic) bond motifs is 2. The van der Waals surface area contributed by atoms with Crippen LogP contribution in [0.25, 0.3) is 22.2 Å². The van der Waals surface area contributed by atoms with Gasteiger partial charge in [0.25, 0.3) is 5.91 Å². The summed E-state index contributed by atoms with van der Waals surface area (Å²) in [7, 11) is 0. The Morgan fingerprint density at radius 1 is 1.00 bits per heavy atom. The van der Waals surface area contributed by atoms with Gasteiger partial charge < -0.3 is 11.1 Å². The zero-order chi connectivity index (χ0) is 23.8. The van der Waals surface area contributed by atoms with Gasteiger partial charge in [-0.2, -0.15) is 9.78 Å². The first-order valence-corrected chi connectivity index (χ1v) is 11.0. The minimum atomic E-state index is -0.381. The maximum absolute atomic E-state index is 13.4. The highest BCUT2D eigenvalue weighted by Gasteiger charge is 2.24. The summed E-state index contributed by atoms with van der Waals surface area (Å²) in [5.41, 5.74) is 12.3. The van der Waals surface area contributed by atoms with Crippen molar-refractivity contribution in [3.63, 3.8) is 0 Å². The minimum absolute atomic E-state index is 0.144. The Morgan fingerprint density at radius 2 is 1.71 bits per heavy atom. The predicted octanol–water partition coefficient (Wildman–Crippen LogP) is 5.57. The second-order valence-electron chi connectivity index (χ2n) is 8.09. The topological polar surface area (TPSA) is 98.2 Å². The number of para-hydroxylation sites is 2. The fraction of sp³-hybridized carbons (Fsp3) is 0.0769. The van der Waals surface area contributed by atoms with Gasteiger partial charge in [-0.3, -0.25) is 4.79 Å². The molecule has 0 fully saturated rings. The Bertz CT molecular complexity index is 1580. The van der Waals surface area contributed by atoms with Crippen molar-refractivity contribution in [2.45, 2.75) is 13.8 Å². The molecule has 0 aliphatic carbocycles. The highest BCUT2D eigenvalue weighted by molar-refractivity contribution is 6.30.